The molecule has 0 unspecified atom stereocenters. The number of hydrogen-bond acceptors (Lipinski definition) is 3. The Morgan fingerprint density at radius 1 is 1.22 bits per heavy atom. The number of carbonyl (C=O) groups excluding carboxylic acids is 1. The Kier molecular flexibility index (Phi) is 5.64. The second-order valence-electron chi connectivity index (χ2n) is 3.82. The van der Waals surface area contributed by atoms with E-state index in [1.807, 2.05) is 30.3 Å². The Morgan fingerprint density at radius 2 is 1.89 bits per heavy atom. The van der Waals surface area contributed by atoms with Crippen LogP contribution >= 0.6 is 0 Å². The molecule has 0 aromatic heterocycles. The molecule has 1 N–H and O–H groups in total. The van der Waals surface area contributed by atoms with Gasteiger partial charge in [0.2, 0.25) is 0 Å². The molecule has 1 aromatic rings. The van der Waals surface area contributed by atoms with Gasteiger partial charge in [-0.25, -0.2) is 4.79 Å². The highest BCUT2D eigenvalue weighted by atomic mass is 16.5. The Hall–Kier alpha value is -2.10. The van der Waals surface area contributed by atoms with Gasteiger partial charge in [0.1, 0.15) is 0 Å². The van der Waals surface area contributed by atoms with Crippen molar-refractivity contribution in [3.05, 3.63) is 41.5 Å². The number of rotatable bonds is 6. The van der Waals surface area contributed by atoms with Crippen molar-refractivity contribution in [1.29, 1.82) is 0 Å². The van der Waals surface area contributed by atoms with Crippen LogP contribution in [0.15, 0.2) is 35.9 Å². The lowest BCUT2D eigenvalue weighted by Crippen LogP contribution is -2.05. The quantitative estimate of drug-likeness (QED) is 0.620. The molecule has 0 aliphatic heterocycles. The lowest BCUT2D eigenvalue weighted by atomic mass is 10.1. The normalized spacial score (nSPS) is 11.1. The molecular formula is C14H16O4. The summed E-state index contributed by atoms with van der Waals surface area (Å²) in [5.74, 6) is -1.27. The van der Waals surface area contributed by atoms with Crippen LogP contribution in [0, 0.1) is 0 Å². The maximum Gasteiger partial charge on any atom is 0.333 e. The minimum atomic E-state index is -0.862. The molecule has 0 heterocycles. The maximum atomic E-state index is 11.6. The van der Waals surface area contributed by atoms with Crippen LogP contribution in [0.4, 0.5) is 0 Å². The largest absolute Gasteiger partial charge is 0.481 e. The average Bonchev–Trinajstić information content (AvgIpc) is 2.37. The van der Waals surface area contributed by atoms with Crippen LogP contribution < -0.4 is 0 Å². The summed E-state index contributed by atoms with van der Waals surface area (Å²) in [6.45, 7) is 0. The lowest BCUT2D eigenvalue weighted by Gasteiger charge is -2.04. The van der Waals surface area contributed by atoms with Gasteiger partial charge in [0.25, 0.3) is 0 Å². The minimum Gasteiger partial charge on any atom is -0.481 e. The first-order valence-electron chi connectivity index (χ1n) is 5.69. The number of methoxy groups -OCH3 is 1. The van der Waals surface area contributed by atoms with Crippen molar-refractivity contribution < 1.29 is 19.4 Å². The van der Waals surface area contributed by atoms with E-state index < -0.39 is 11.9 Å². The number of carboxylic acid groups (broad SMARTS) is 1. The zero-order valence-corrected chi connectivity index (χ0v) is 10.3. The van der Waals surface area contributed by atoms with Crippen molar-refractivity contribution in [2.45, 2.75) is 19.3 Å². The number of benzene rings is 1. The third-order valence-corrected chi connectivity index (χ3v) is 2.42. The van der Waals surface area contributed by atoms with E-state index in [4.69, 9.17) is 5.11 Å². The Bertz CT molecular complexity index is 434. The molecule has 1 rings (SSSR count). The van der Waals surface area contributed by atoms with Crippen LogP contribution in [-0.4, -0.2) is 24.2 Å². The van der Waals surface area contributed by atoms with E-state index in [1.54, 1.807) is 6.08 Å². The van der Waals surface area contributed by atoms with Gasteiger partial charge in [-0.15, -0.1) is 0 Å². The van der Waals surface area contributed by atoms with Crippen LogP contribution in [0.25, 0.3) is 6.08 Å². The third kappa shape index (κ3) is 4.82. The molecule has 0 spiro atoms. The van der Waals surface area contributed by atoms with E-state index >= 15 is 0 Å². The first-order valence-corrected chi connectivity index (χ1v) is 5.69. The van der Waals surface area contributed by atoms with Gasteiger partial charge < -0.3 is 9.84 Å². The van der Waals surface area contributed by atoms with Crippen LogP contribution in [0.3, 0.4) is 0 Å². The molecule has 4 nitrogen and oxygen atoms in total. The molecular weight excluding hydrogens is 232 g/mol. The van der Waals surface area contributed by atoms with E-state index in [1.165, 1.54) is 7.11 Å². The first-order chi connectivity index (χ1) is 8.63. The molecule has 1 aromatic carbocycles. The van der Waals surface area contributed by atoms with Gasteiger partial charge in [-0.1, -0.05) is 30.3 Å². The number of ether oxygens (including phenoxy) is 1. The predicted octanol–water partition coefficient (Wildman–Crippen LogP) is 2.50. The van der Waals surface area contributed by atoms with Crippen molar-refractivity contribution >= 4 is 18.0 Å². The van der Waals surface area contributed by atoms with Crippen LogP contribution in [0.5, 0.6) is 0 Å². The Morgan fingerprint density at radius 3 is 2.44 bits per heavy atom. The summed E-state index contributed by atoms with van der Waals surface area (Å²) < 4.78 is 4.69. The van der Waals surface area contributed by atoms with Crippen molar-refractivity contribution in [3.8, 4) is 0 Å². The molecule has 0 radical (unpaired) electrons. The fourth-order valence-electron chi connectivity index (χ4n) is 1.54. The van der Waals surface area contributed by atoms with Crippen molar-refractivity contribution in [2.75, 3.05) is 7.11 Å². The molecule has 0 aliphatic rings. The first kappa shape index (κ1) is 14.0. The Labute approximate surface area is 106 Å². The van der Waals surface area contributed by atoms with Gasteiger partial charge in [-0.3, -0.25) is 4.79 Å². The summed E-state index contributed by atoms with van der Waals surface area (Å²) in [6.07, 6.45) is 2.59. The standard InChI is InChI=1S/C14H16O4/c1-18-14(17)12(8-5-9-13(15)16)10-11-6-3-2-4-7-11/h2-4,6-7,10H,5,8-9H2,1H3,(H,15,16). The van der Waals surface area contributed by atoms with Crippen LogP contribution in [-0.2, 0) is 14.3 Å². The topological polar surface area (TPSA) is 63.6 Å². The molecule has 0 saturated carbocycles. The van der Waals surface area contributed by atoms with E-state index in [0.29, 0.717) is 18.4 Å². The average molecular weight is 248 g/mol. The summed E-state index contributed by atoms with van der Waals surface area (Å²) in [6, 6.07) is 9.38. The SMILES string of the molecule is COC(=O)C(=Cc1ccccc1)CCCC(=O)O. The van der Waals surface area contributed by atoms with Crippen LogP contribution in [0.2, 0.25) is 0 Å². The van der Waals surface area contributed by atoms with E-state index in [2.05, 4.69) is 4.74 Å². The predicted molar refractivity (Wildman–Crippen MR) is 67.9 cm³/mol. The number of carboxylic acids is 1. The summed E-state index contributed by atoms with van der Waals surface area (Å²) >= 11 is 0. The summed E-state index contributed by atoms with van der Waals surface area (Å²) in [5.41, 5.74) is 1.39. The molecule has 4 heteroatoms. The second kappa shape index (κ2) is 7.27. The van der Waals surface area contributed by atoms with Gasteiger partial charge >= 0.3 is 11.9 Å². The molecule has 0 fully saturated rings. The maximum absolute atomic E-state index is 11.6. The number of esters is 1. The third-order valence-electron chi connectivity index (χ3n) is 2.42. The van der Waals surface area contributed by atoms with Gasteiger partial charge in [0.05, 0.1) is 7.11 Å². The number of hydrogen-bond donors (Lipinski definition) is 1. The fraction of sp³-hybridized carbons (Fsp3) is 0.286. The highest BCUT2D eigenvalue weighted by molar-refractivity contribution is 5.93. The van der Waals surface area contributed by atoms with Gasteiger partial charge in [-0.2, -0.15) is 0 Å². The zero-order chi connectivity index (χ0) is 13.4. The monoisotopic (exact) mass is 248 g/mol. The molecule has 0 atom stereocenters. The van der Waals surface area contributed by atoms with Crippen molar-refractivity contribution in [1.82, 2.24) is 0 Å². The van der Waals surface area contributed by atoms with Gasteiger partial charge in [0.15, 0.2) is 0 Å². The summed E-state index contributed by atoms with van der Waals surface area (Å²) in [5, 5.41) is 8.58. The van der Waals surface area contributed by atoms with Crippen LogP contribution in [0.1, 0.15) is 24.8 Å². The summed E-state index contributed by atoms with van der Waals surface area (Å²) in [4.78, 5) is 22.0. The van der Waals surface area contributed by atoms with Gasteiger partial charge in [0, 0.05) is 12.0 Å². The molecule has 18 heavy (non-hydrogen) atoms. The summed E-state index contributed by atoms with van der Waals surface area (Å²) in [7, 11) is 1.32. The lowest BCUT2D eigenvalue weighted by molar-refractivity contribution is -0.138. The van der Waals surface area contributed by atoms with Crippen molar-refractivity contribution in [2.24, 2.45) is 0 Å². The zero-order valence-electron chi connectivity index (χ0n) is 10.3. The molecule has 0 saturated heterocycles. The number of aliphatic carboxylic acids is 1. The van der Waals surface area contributed by atoms with E-state index in [9.17, 15) is 9.59 Å². The van der Waals surface area contributed by atoms with Crippen molar-refractivity contribution in [3.63, 3.8) is 0 Å². The van der Waals surface area contributed by atoms with Gasteiger partial charge in [-0.05, 0) is 24.5 Å². The highest BCUT2D eigenvalue weighted by Crippen LogP contribution is 2.14. The number of carbonyl (C=O) groups is 2. The molecule has 0 bridgehead atoms. The second-order valence-corrected chi connectivity index (χ2v) is 3.82. The molecule has 0 aliphatic carbocycles. The fourth-order valence-corrected chi connectivity index (χ4v) is 1.54. The van der Waals surface area contributed by atoms with E-state index in [-0.39, 0.29) is 6.42 Å². The smallest absolute Gasteiger partial charge is 0.333 e. The van der Waals surface area contributed by atoms with E-state index in [0.717, 1.165) is 5.56 Å². The Balaban J connectivity index is 2.75. The molecule has 96 valence electrons. The molecule has 0 amide bonds. The highest BCUT2D eigenvalue weighted by Gasteiger charge is 2.10. The minimum absolute atomic E-state index is 0.0448.